The second-order valence-electron chi connectivity index (χ2n) is 4.91. The predicted octanol–water partition coefficient (Wildman–Crippen LogP) is 2.23. The second-order valence-corrected chi connectivity index (χ2v) is 4.91. The molecule has 0 aliphatic rings. The van der Waals surface area contributed by atoms with Gasteiger partial charge in [-0.05, 0) is 36.6 Å². The highest BCUT2D eigenvalue weighted by molar-refractivity contribution is 5.94. The summed E-state index contributed by atoms with van der Waals surface area (Å²) >= 11 is 0. The number of hydrogen-bond donors (Lipinski definition) is 3. The molecule has 0 aromatic heterocycles. The smallest absolute Gasteiger partial charge is 0.251 e. The van der Waals surface area contributed by atoms with Crippen LogP contribution in [0, 0.1) is 12.8 Å². The fourth-order valence-electron chi connectivity index (χ4n) is 2.19. The molecule has 0 saturated carbocycles. The topological polar surface area (TPSA) is 69.6 Å². The van der Waals surface area contributed by atoms with Gasteiger partial charge in [-0.1, -0.05) is 26.7 Å². The molecule has 1 rings (SSSR count). The lowest BCUT2D eigenvalue weighted by Crippen LogP contribution is -2.36. The van der Waals surface area contributed by atoms with Crippen LogP contribution in [0.2, 0.25) is 0 Å². The third kappa shape index (κ3) is 4.56. The van der Waals surface area contributed by atoms with E-state index in [1.54, 1.807) is 12.1 Å². The molecular weight excluding hydrogens is 242 g/mol. The van der Waals surface area contributed by atoms with Crippen LogP contribution in [-0.4, -0.2) is 28.8 Å². The normalized spacial score (nSPS) is 12.5. The number of nitrogens with one attached hydrogen (secondary N) is 1. The lowest BCUT2D eigenvalue weighted by molar-refractivity contribution is 0.0816. The van der Waals surface area contributed by atoms with Gasteiger partial charge in [0.15, 0.2) is 0 Å². The molecule has 0 radical (unpaired) electrons. The van der Waals surface area contributed by atoms with Crippen LogP contribution >= 0.6 is 0 Å². The van der Waals surface area contributed by atoms with E-state index >= 15 is 0 Å². The minimum absolute atomic E-state index is 0.0747. The third-order valence-electron chi connectivity index (χ3n) is 3.39. The van der Waals surface area contributed by atoms with Gasteiger partial charge in [-0.3, -0.25) is 4.79 Å². The van der Waals surface area contributed by atoms with Crippen molar-refractivity contribution in [3.05, 3.63) is 29.3 Å². The zero-order valence-corrected chi connectivity index (χ0v) is 11.8. The summed E-state index contributed by atoms with van der Waals surface area (Å²) in [4.78, 5) is 11.9. The van der Waals surface area contributed by atoms with E-state index in [1.807, 2.05) is 20.8 Å². The second kappa shape index (κ2) is 7.14. The first kappa shape index (κ1) is 15.5. The Kier molecular flexibility index (Phi) is 5.83. The molecule has 1 aromatic carbocycles. The van der Waals surface area contributed by atoms with E-state index in [4.69, 9.17) is 0 Å². The van der Waals surface area contributed by atoms with E-state index in [9.17, 15) is 15.0 Å². The summed E-state index contributed by atoms with van der Waals surface area (Å²) in [7, 11) is 0. The Morgan fingerprint density at radius 3 is 2.42 bits per heavy atom. The average molecular weight is 265 g/mol. The Morgan fingerprint density at radius 1 is 1.26 bits per heavy atom. The highest BCUT2D eigenvalue weighted by Crippen LogP contribution is 2.15. The maximum absolute atomic E-state index is 11.9. The van der Waals surface area contributed by atoms with Crippen LogP contribution in [0.3, 0.4) is 0 Å². The van der Waals surface area contributed by atoms with Gasteiger partial charge in [0.25, 0.3) is 5.91 Å². The SMILES string of the molecule is CCC(CC)C(O)CNC(=O)c1cc(C)cc(O)c1. The van der Waals surface area contributed by atoms with Crippen LogP contribution in [0.25, 0.3) is 0 Å². The molecule has 3 N–H and O–H groups in total. The molecule has 19 heavy (non-hydrogen) atoms. The van der Waals surface area contributed by atoms with Gasteiger partial charge in [0.2, 0.25) is 0 Å². The molecule has 0 aliphatic carbocycles. The van der Waals surface area contributed by atoms with E-state index < -0.39 is 6.10 Å². The maximum atomic E-state index is 11.9. The zero-order valence-electron chi connectivity index (χ0n) is 11.8. The molecule has 0 fully saturated rings. The van der Waals surface area contributed by atoms with Crippen molar-refractivity contribution in [2.45, 2.75) is 39.7 Å². The van der Waals surface area contributed by atoms with Gasteiger partial charge in [0, 0.05) is 12.1 Å². The first-order valence-corrected chi connectivity index (χ1v) is 6.74. The van der Waals surface area contributed by atoms with Crippen LogP contribution in [0.1, 0.15) is 42.6 Å². The molecule has 106 valence electrons. The fourth-order valence-corrected chi connectivity index (χ4v) is 2.19. The van der Waals surface area contributed by atoms with Gasteiger partial charge in [0.1, 0.15) is 5.75 Å². The molecule has 1 atom stereocenters. The Hall–Kier alpha value is -1.55. The molecule has 0 spiro atoms. The standard InChI is InChI=1S/C15H23NO3/c1-4-11(5-2)14(18)9-16-15(19)12-6-10(3)7-13(17)8-12/h6-8,11,14,17-18H,4-5,9H2,1-3H3,(H,16,19). The molecule has 0 bridgehead atoms. The van der Waals surface area contributed by atoms with Crippen molar-refractivity contribution in [3.8, 4) is 5.75 Å². The summed E-state index contributed by atoms with van der Waals surface area (Å²) in [5.74, 6) is 0.000842. The Bertz CT molecular complexity index is 407. The molecule has 0 aliphatic heterocycles. The van der Waals surface area contributed by atoms with E-state index in [0.29, 0.717) is 5.56 Å². The van der Waals surface area contributed by atoms with Gasteiger partial charge < -0.3 is 15.5 Å². The van der Waals surface area contributed by atoms with Crippen molar-refractivity contribution in [2.24, 2.45) is 5.92 Å². The lowest BCUT2D eigenvalue weighted by atomic mass is 9.96. The number of benzene rings is 1. The first-order chi connectivity index (χ1) is 8.97. The van der Waals surface area contributed by atoms with Gasteiger partial charge in [-0.15, -0.1) is 0 Å². The van der Waals surface area contributed by atoms with Crippen molar-refractivity contribution in [2.75, 3.05) is 6.54 Å². The highest BCUT2D eigenvalue weighted by atomic mass is 16.3. The van der Waals surface area contributed by atoms with E-state index in [-0.39, 0.29) is 24.1 Å². The number of aliphatic hydroxyl groups is 1. The molecular formula is C15H23NO3. The quantitative estimate of drug-likeness (QED) is 0.738. The van der Waals surface area contributed by atoms with Gasteiger partial charge in [0.05, 0.1) is 6.10 Å². The van der Waals surface area contributed by atoms with Crippen molar-refractivity contribution < 1.29 is 15.0 Å². The molecule has 4 heteroatoms. The van der Waals surface area contributed by atoms with E-state index in [2.05, 4.69) is 5.32 Å². The lowest BCUT2D eigenvalue weighted by Gasteiger charge is -2.20. The zero-order chi connectivity index (χ0) is 14.4. The van der Waals surface area contributed by atoms with Crippen molar-refractivity contribution in [1.82, 2.24) is 5.32 Å². The number of rotatable bonds is 6. The highest BCUT2D eigenvalue weighted by Gasteiger charge is 2.16. The number of hydrogen-bond acceptors (Lipinski definition) is 3. The van der Waals surface area contributed by atoms with Gasteiger partial charge in [-0.25, -0.2) is 0 Å². The van der Waals surface area contributed by atoms with Crippen LogP contribution in [0.5, 0.6) is 5.75 Å². The predicted molar refractivity (Wildman–Crippen MR) is 75.3 cm³/mol. The number of aliphatic hydroxyl groups excluding tert-OH is 1. The fraction of sp³-hybridized carbons (Fsp3) is 0.533. The number of phenolic OH excluding ortho intramolecular Hbond substituents is 1. The number of phenols is 1. The van der Waals surface area contributed by atoms with Gasteiger partial charge in [-0.2, -0.15) is 0 Å². The van der Waals surface area contributed by atoms with Crippen LogP contribution in [-0.2, 0) is 0 Å². The molecule has 1 amide bonds. The minimum Gasteiger partial charge on any atom is -0.508 e. The monoisotopic (exact) mass is 265 g/mol. The Morgan fingerprint density at radius 2 is 1.89 bits per heavy atom. The summed E-state index contributed by atoms with van der Waals surface area (Å²) in [6, 6.07) is 4.72. The van der Waals surface area contributed by atoms with Crippen molar-refractivity contribution >= 4 is 5.91 Å². The summed E-state index contributed by atoms with van der Waals surface area (Å²) in [6.07, 6.45) is 1.25. The molecule has 1 unspecified atom stereocenters. The third-order valence-corrected chi connectivity index (χ3v) is 3.39. The summed E-state index contributed by atoms with van der Waals surface area (Å²) in [5.41, 5.74) is 1.24. The molecule has 4 nitrogen and oxygen atoms in total. The summed E-state index contributed by atoms with van der Waals surface area (Å²) in [5, 5.41) is 22.1. The number of carbonyl (C=O) groups excluding carboxylic acids is 1. The summed E-state index contributed by atoms with van der Waals surface area (Å²) < 4.78 is 0. The average Bonchev–Trinajstić information content (AvgIpc) is 2.36. The number of aryl methyl sites for hydroxylation is 1. The maximum Gasteiger partial charge on any atom is 0.251 e. The van der Waals surface area contributed by atoms with Gasteiger partial charge >= 0.3 is 0 Å². The first-order valence-electron chi connectivity index (χ1n) is 6.74. The number of aromatic hydroxyl groups is 1. The molecule has 0 heterocycles. The number of amides is 1. The molecule has 0 saturated heterocycles. The Balaban J connectivity index is 2.60. The molecule has 1 aromatic rings. The Labute approximate surface area is 114 Å². The van der Waals surface area contributed by atoms with E-state index in [0.717, 1.165) is 18.4 Å². The van der Waals surface area contributed by atoms with Crippen molar-refractivity contribution in [1.29, 1.82) is 0 Å². The number of carbonyl (C=O) groups is 1. The minimum atomic E-state index is -0.530. The van der Waals surface area contributed by atoms with Crippen molar-refractivity contribution in [3.63, 3.8) is 0 Å². The largest absolute Gasteiger partial charge is 0.508 e. The van der Waals surface area contributed by atoms with E-state index in [1.165, 1.54) is 6.07 Å². The van der Waals surface area contributed by atoms with Crippen LogP contribution in [0.4, 0.5) is 0 Å². The van der Waals surface area contributed by atoms with Crippen LogP contribution < -0.4 is 5.32 Å². The summed E-state index contributed by atoms with van der Waals surface area (Å²) in [6.45, 7) is 6.10. The van der Waals surface area contributed by atoms with Crippen LogP contribution in [0.15, 0.2) is 18.2 Å².